The van der Waals surface area contributed by atoms with E-state index in [1.54, 1.807) is 4.90 Å². The average molecular weight is 396 g/mol. The van der Waals surface area contributed by atoms with E-state index in [1.165, 1.54) is 25.3 Å². The van der Waals surface area contributed by atoms with Gasteiger partial charge in [0, 0.05) is 18.5 Å². The highest BCUT2D eigenvalue weighted by molar-refractivity contribution is 5.96. The van der Waals surface area contributed by atoms with E-state index in [0.717, 1.165) is 5.56 Å². The first-order valence-electron chi connectivity index (χ1n) is 9.71. The number of hydrogen-bond acceptors (Lipinski definition) is 4. The van der Waals surface area contributed by atoms with Gasteiger partial charge in [-0.1, -0.05) is 30.3 Å². The van der Waals surface area contributed by atoms with Gasteiger partial charge in [-0.25, -0.2) is 4.39 Å². The second-order valence-corrected chi connectivity index (χ2v) is 7.66. The van der Waals surface area contributed by atoms with Gasteiger partial charge in [-0.15, -0.1) is 0 Å². The van der Waals surface area contributed by atoms with Gasteiger partial charge in [0.1, 0.15) is 0 Å². The molecule has 3 aliphatic heterocycles. The van der Waals surface area contributed by atoms with Crippen LogP contribution in [0.3, 0.4) is 0 Å². The molecular weight excluding hydrogens is 375 g/mol. The van der Waals surface area contributed by atoms with E-state index in [2.05, 4.69) is 0 Å². The van der Waals surface area contributed by atoms with Gasteiger partial charge < -0.3 is 19.3 Å². The molecule has 3 aliphatic rings. The molecule has 0 aromatic heterocycles. The number of likely N-dealkylation sites (tertiary alicyclic amines) is 1. The third-order valence-corrected chi connectivity index (χ3v) is 6.30. The van der Waals surface area contributed by atoms with Crippen LogP contribution in [0.25, 0.3) is 0 Å². The topological polar surface area (TPSA) is 59.1 Å². The van der Waals surface area contributed by atoms with Crippen LogP contribution in [0.5, 0.6) is 5.75 Å². The number of carbonyl (C=O) groups is 2. The minimum Gasteiger partial charge on any atom is -0.494 e. The van der Waals surface area contributed by atoms with Crippen LogP contribution in [0.15, 0.2) is 48.5 Å². The second kappa shape index (κ2) is 6.56. The largest absolute Gasteiger partial charge is 0.494 e. The Labute approximate surface area is 167 Å². The molecule has 2 aromatic carbocycles. The minimum absolute atomic E-state index is 0.00413. The average Bonchev–Trinajstić information content (AvgIpc) is 3.37. The number of halogens is 1. The van der Waals surface area contributed by atoms with Crippen molar-refractivity contribution in [1.29, 1.82) is 0 Å². The zero-order valence-corrected chi connectivity index (χ0v) is 16.0. The fourth-order valence-electron chi connectivity index (χ4n) is 4.97. The van der Waals surface area contributed by atoms with Crippen molar-refractivity contribution in [3.05, 3.63) is 65.5 Å². The number of ether oxygens (including phenoxy) is 2. The lowest BCUT2D eigenvalue weighted by atomic mass is 10.0. The van der Waals surface area contributed by atoms with Crippen LogP contribution in [-0.4, -0.2) is 53.6 Å². The first kappa shape index (κ1) is 18.1. The fraction of sp³-hybridized carbons (Fsp3) is 0.364. The lowest BCUT2D eigenvalue weighted by molar-refractivity contribution is -0.138. The molecular formula is C22H21FN2O4. The van der Waals surface area contributed by atoms with E-state index in [-0.39, 0.29) is 36.1 Å². The molecule has 3 heterocycles. The van der Waals surface area contributed by atoms with Crippen molar-refractivity contribution in [2.75, 3.05) is 20.3 Å². The predicted molar refractivity (Wildman–Crippen MR) is 102 cm³/mol. The number of carbonyl (C=O) groups excluding carboxylic acids is 2. The van der Waals surface area contributed by atoms with Crippen LogP contribution < -0.4 is 4.74 Å². The van der Waals surface area contributed by atoms with Crippen LogP contribution in [0.1, 0.15) is 34.8 Å². The van der Waals surface area contributed by atoms with E-state index >= 15 is 0 Å². The molecule has 3 atom stereocenters. The molecule has 0 aliphatic carbocycles. The molecule has 1 spiro atoms. The molecule has 29 heavy (non-hydrogen) atoms. The molecule has 0 saturated carbocycles. The fourth-order valence-corrected chi connectivity index (χ4v) is 4.97. The van der Waals surface area contributed by atoms with Crippen molar-refractivity contribution < 1.29 is 23.5 Å². The maximum atomic E-state index is 13.7. The Morgan fingerprint density at radius 3 is 2.79 bits per heavy atom. The molecule has 0 bridgehead atoms. The first-order valence-corrected chi connectivity index (χ1v) is 9.71. The summed E-state index contributed by atoms with van der Waals surface area (Å²) in [4.78, 5) is 29.6. The summed E-state index contributed by atoms with van der Waals surface area (Å²) in [5.41, 5.74) is 0.590. The molecule has 0 N–H and O–H groups in total. The number of rotatable bonds is 3. The Morgan fingerprint density at radius 1 is 1.24 bits per heavy atom. The maximum Gasteiger partial charge on any atom is 0.254 e. The van der Waals surface area contributed by atoms with E-state index in [0.29, 0.717) is 25.1 Å². The van der Waals surface area contributed by atoms with Crippen LogP contribution in [0.2, 0.25) is 0 Å². The van der Waals surface area contributed by atoms with E-state index < -0.39 is 11.5 Å². The Hall–Kier alpha value is -2.93. The van der Waals surface area contributed by atoms with Gasteiger partial charge in [0.2, 0.25) is 5.91 Å². The van der Waals surface area contributed by atoms with Gasteiger partial charge in [-0.3, -0.25) is 9.59 Å². The third-order valence-electron chi connectivity index (χ3n) is 6.30. The Kier molecular flexibility index (Phi) is 4.10. The number of nitrogens with zero attached hydrogens (tertiary/aromatic N) is 2. The summed E-state index contributed by atoms with van der Waals surface area (Å²) in [7, 11) is 1.36. The Morgan fingerprint density at radius 2 is 2.03 bits per heavy atom. The molecule has 3 fully saturated rings. The first-order chi connectivity index (χ1) is 14.0. The summed E-state index contributed by atoms with van der Waals surface area (Å²) in [5, 5.41) is 0. The van der Waals surface area contributed by atoms with Gasteiger partial charge in [0.05, 0.1) is 32.2 Å². The van der Waals surface area contributed by atoms with E-state index in [9.17, 15) is 14.0 Å². The second-order valence-electron chi connectivity index (χ2n) is 7.66. The minimum atomic E-state index is -0.780. The van der Waals surface area contributed by atoms with Gasteiger partial charge in [0.15, 0.2) is 17.3 Å². The molecule has 6 nitrogen and oxygen atoms in total. The van der Waals surface area contributed by atoms with Crippen LogP contribution in [0.4, 0.5) is 4.39 Å². The lowest BCUT2D eigenvalue weighted by Gasteiger charge is -2.33. The zero-order chi connectivity index (χ0) is 20.2. The standard InChI is InChI=1S/C22H21FN2O4/c1-28-18-11-15(7-8-16(18)23)21(27)24-10-9-22-19(24)12-20(26)25(22)17(13-29-22)14-5-3-2-4-6-14/h2-8,11,17,19H,9-10,12-13H2,1H3/t17-,19+,22-/m0/s1. The summed E-state index contributed by atoms with van der Waals surface area (Å²) < 4.78 is 25.0. The van der Waals surface area contributed by atoms with Crippen molar-refractivity contribution in [1.82, 2.24) is 9.80 Å². The van der Waals surface area contributed by atoms with Crippen LogP contribution in [-0.2, 0) is 9.53 Å². The highest BCUT2D eigenvalue weighted by Crippen LogP contribution is 2.51. The van der Waals surface area contributed by atoms with Crippen LogP contribution >= 0.6 is 0 Å². The monoisotopic (exact) mass is 396 g/mol. The van der Waals surface area contributed by atoms with Gasteiger partial charge in [-0.2, -0.15) is 0 Å². The molecule has 7 heteroatoms. The van der Waals surface area contributed by atoms with Crippen LogP contribution in [0, 0.1) is 5.82 Å². The van der Waals surface area contributed by atoms with Gasteiger partial charge in [-0.05, 0) is 23.8 Å². The summed E-state index contributed by atoms with van der Waals surface area (Å²) in [6, 6.07) is 13.4. The third kappa shape index (κ3) is 2.57. The summed E-state index contributed by atoms with van der Waals surface area (Å²) in [5.74, 6) is -0.744. The van der Waals surface area contributed by atoms with Gasteiger partial charge in [0.25, 0.3) is 5.91 Å². The molecule has 3 saturated heterocycles. The summed E-state index contributed by atoms with van der Waals surface area (Å²) in [6.45, 7) is 0.896. The Bertz CT molecular complexity index is 982. The lowest BCUT2D eigenvalue weighted by Crippen LogP contribution is -2.49. The van der Waals surface area contributed by atoms with E-state index in [4.69, 9.17) is 9.47 Å². The predicted octanol–water partition coefficient (Wildman–Crippen LogP) is 2.75. The smallest absolute Gasteiger partial charge is 0.254 e. The Balaban J connectivity index is 1.45. The molecule has 0 unspecified atom stereocenters. The van der Waals surface area contributed by atoms with Crippen molar-refractivity contribution in [3.8, 4) is 5.75 Å². The number of methoxy groups -OCH3 is 1. The van der Waals surface area contributed by atoms with Crippen molar-refractivity contribution in [3.63, 3.8) is 0 Å². The summed E-state index contributed by atoms with van der Waals surface area (Å²) in [6.07, 6.45) is 0.796. The molecule has 2 aromatic rings. The van der Waals surface area contributed by atoms with Gasteiger partial charge >= 0.3 is 0 Å². The molecule has 5 rings (SSSR count). The maximum absolute atomic E-state index is 13.7. The van der Waals surface area contributed by atoms with Crippen molar-refractivity contribution in [2.24, 2.45) is 0 Å². The molecule has 0 radical (unpaired) electrons. The number of amides is 2. The molecule has 150 valence electrons. The SMILES string of the molecule is COc1cc(C(=O)N2CC[C@@]34OC[C@@H](c5ccccc5)N3C(=O)C[C@@H]24)ccc1F. The number of hydrogen-bond donors (Lipinski definition) is 0. The number of benzene rings is 2. The van der Waals surface area contributed by atoms with Crippen molar-refractivity contribution in [2.45, 2.75) is 30.7 Å². The highest BCUT2D eigenvalue weighted by atomic mass is 19.1. The van der Waals surface area contributed by atoms with Crippen molar-refractivity contribution >= 4 is 11.8 Å². The highest BCUT2D eigenvalue weighted by Gasteiger charge is 2.65. The zero-order valence-electron chi connectivity index (χ0n) is 16.0. The summed E-state index contributed by atoms with van der Waals surface area (Å²) >= 11 is 0. The normalized spacial score (nSPS) is 27.9. The quantitative estimate of drug-likeness (QED) is 0.801. The molecule has 2 amide bonds. The van der Waals surface area contributed by atoms with E-state index in [1.807, 2.05) is 35.2 Å².